The Kier molecular flexibility index (Phi) is 7.28. The van der Waals surface area contributed by atoms with E-state index in [-0.39, 0.29) is 24.5 Å². The van der Waals surface area contributed by atoms with E-state index in [0.29, 0.717) is 18.9 Å². The van der Waals surface area contributed by atoms with Crippen LogP contribution in [-0.2, 0) is 14.3 Å². The van der Waals surface area contributed by atoms with Crippen LogP contribution in [0.1, 0.15) is 40.0 Å². The summed E-state index contributed by atoms with van der Waals surface area (Å²) in [5, 5.41) is 0. The summed E-state index contributed by atoms with van der Waals surface area (Å²) in [7, 11) is 0. The molecule has 0 unspecified atom stereocenters. The van der Waals surface area contributed by atoms with Gasteiger partial charge in [0.1, 0.15) is 6.54 Å². The first-order valence-corrected chi connectivity index (χ1v) is 8.22. The summed E-state index contributed by atoms with van der Waals surface area (Å²) in [5.41, 5.74) is 0. The van der Waals surface area contributed by atoms with Crippen molar-refractivity contribution in [3.63, 3.8) is 0 Å². The summed E-state index contributed by atoms with van der Waals surface area (Å²) < 4.78 is 4.93. The normalized spacial score (nSPS) is 16.4. The van der Waals surface area contributed by atoms with Crippen molar-refractivity contribution in [1.29, 1.82) is 0 Å². The lowest BCUT2D eigenvalue weighted by Crippen LogP contribution is -2.42. The molecule has 1 saturated heterocycles. The Bertz CT molecular complexity index is 301. The molecule has 1 rings (SSSR count). The molecule has 0 aromatic rings. The Balaban J connectivity index is 2.49. The molecule has 1 fully saturated rings. The number of nitrogens with zero attached hydrogens (tertiary/aromatic N) is 1. The number of hydrogen-bond acceptors (Lipinski definition) is 4. The fourth-order valence-corrected chi connectivity index (χ4v) is 3.42. The minimum atomic E-state index is -0.316. The topological polar surface area (TPSA) is 46.6 Å². The molecule has 0 atom stereocenters. The molecule has 0 spiro atoms. The monoisotopic (exact) mass is 287 g/mol. The highest BCUT2D eigenvalue weighted by atomic mass is 32.2. The Morgan fingerprint density at radius 3 is 2.47 bits per heavy atom. The van der Waals surface area contributed by atoms with Crippen molar-refractivity contribution in [1.82, 2.24) is 4.90 Å². The van der Waals surface area contributed by atoms with Crippen LogP contribution in [0.4, 0.5) is 0 Å². The van der Waals surface area contributed by atoms with Gasteiger partial charge in [-0.05, 0) is 51.0 Å². The Morgan fingerprint density at radius 1 is 1.32 bits per heavy atom. The van der Waals surface area contributed by atoms with Gasteiger partial charge in [-0.25, -0.2) is 0 Å². The van der Waals surface area contributed by atoms with E-state index in [1.54, 1.807) is 11.8 Å². The van der Waals surface area contributed by atoms with Crippen molar-refractivity contribution < 1.29 is 14.3 Å². The third-order valence-electron chi connectivity index (χ3n) is 3.35. The molecule has 110 valence electrons. The number of esters is 1. The Morgan fingerprint density at radius 2 is 1.95 bits per heavy atom. The third kappa shape index (κ3) is 5.85. The van der Waals surface area contributed by atoms with E-state index in [1.165, 1.54) is 0 Å². The summed E-state index contributed by atoms with van der Waals surface area (Å²) >= 11 is 1.96. The quantitative estimate of drug-likeness (QED) is 0.703. The van der Waals surface area contributed by atoms with Crippen molar-refractivity contribution in [3.05, 3.63) is 0 Å². The van der Waals surface area contributed by atoms with E-state index in [2.05, 4.69) is 0 Å². The molecule has 1 aliphatic heterocycles. The molecule has 0 bridgehead atoms. The van der Waals surface area contributed by atoms with Crippen LogP contribution in [0.5, 0.6) is 0 Å². The largest absolute Gasteiger partial charge is 0.465 e. The number of carbonyl (C=O) groups is 2. The van der Waals surface area contributed by atoms with Gasteiger partial charge in [-0.1, -0.05) is 0 Å². The molecule has 5 heteroatoms. The van der Waals surface area contributed by atoms with Crippen LogP contribution in [0.25, 0.3) is 0 Å². The highest BCUT2D eigenvalue weighted by Gasteiger charge is 2.24. The molecule has 4 nitrogen and oxygen atoms in total. The smallest absolute Gasteiger partial charge is 0.325 e. The van der Waals surface area contributed by atoms with E-state index in [0.717, 1.165) is 24.3 Å². The molecule has 1 heterocycles. The molecule has 0 N–H and O–H groups in total. The molecule has 1 amide bonds. The molecule has 0 aliphatic carbocycles. The second-order valence-corrected chi connectivity index (χ2v) is 6.41. The number of carbonyl (C=O) groups excluding carboxylic acids is 2. The molecule has 19 heavy (non-hydrogen) atoms. The predicted octanol–water partition coefficient (Wildman–Crippen LogP) is 2.32. The predicted molar refractivity (Wildman–Crippen MR) is 78.1 cm³/mol. The van der Waals surface area contributed by atoms with E-state index in [1.807, 2.05) is 25.6 Å². The van der Waals surface area contributed by atoms with Crippen LogP contribution in [-0.4, -0.2) is 47.5 Å². The first-order valence-electron chi connectivity index (χ1n) is 7.07. The molecular weight excluding hydrogens is 262 g/mol. The minimum absolute atomic E-state index is 0.0369. The average molecular weight is 287 g/mol. The Labute approximate surface area is 120 Å². The third-order valence-corrected chi connectivity index (χ3v) is 4.40. The second kappa shape index (κ2) is 8.46. The maximum absolute atomic E-state index is 12.3. The number of ether oxygens (including phenoxy) is 1. The van der Waals surface area contributed by atoms with Crippen LogP contribution in [0.2, 0.25) is 0 Å². The van der Waals surface area contributed by atoms with Gasteiger partial charge in [0.2, 0.25) is 5.91 Å². The van der Waals surface area contributed by atoms with Gasteiger partial charge >= 0.3 is 5.97 Å². The molecule has 1 aliphatic rings. The van der Waals surface area contributed by atoms with Gasteiger partial charge in [-0.2, -0.15) is 11.8 Å². The number of hydrogen-bond donors (Lipinski definition) is 0. The maximum Gasteiger partial charge on any atom is 0.325 e. The Hall–Kier alpha value is -0.710. The second-order valence-electron chi connectivity index (χ2n) is 5.18. The lowest BCUT2D eigenvalue weighted by molar-refractivity contribution is -0.150. The summed E-state index contributed by atoms with van der Waals surface area (Å²) in [6.07, 6.45) is 2.79. The van der Waals surface area contributed by atoms with E-state index in [9.17, 15) is 9.59 Å². The van der Waals surface area contributed by atoms with Gasteiger partial charge in [0.15, 0.2) is 0 Å². The molecule has 0 saturated carbocycles. The van der Waals surface area contributed by atoms with E-state index < -0.39 is 0 Å². The van der Waals surface area contributed by atoms with Gasteiger partial charge in [0, 0.05) is 12.5 Å². The van der Waals surface area contributed by atoms with Crippen molar-refractivity contribution in [2.75, 3.05) is 24.7 Å². The highest BCUT2D eigenvalue weighted by Crippen LogP contribution is 2.26. The summed E-state index contributed by atoms with van der Waals surface area (Å²) in [6, 6.07) is 0.0369. The molecule has 0 aromatic carbocycles. The zero-order valence-corrected chi connectivity index (χ0v) is 13.0. The van der Waals surface area contributed by atoms with E-state index >= 15 is 0 Å². The zero-order chi connectivity index (χ0) is 14.3. The summed E-state index contributed by atoms with van der Waals surface area (Å²) in [4.78, 5) is 25.5. The SMILES string of the molecule is CCOC(=O)CN(C(=O)CC1CCSCC1)C(C)C. The van der Waals surface area contributed by atoms with Gasteiger partial charge < -0.3 is 9.64 Å². The first-order chi connectivity index (χ1) is 9.04. The lowest BCUT2D eigenvalue weighted by atomic mass is 9.98. The number of thioether (sulfide) groups is 1. The highest BCUT2D eigenvalue weighted by molar-refractivity contribution is 7.99. The average Bonchev–Trinajstić information content (AvgIpc) is 2.37. The van der Waals surface area contributed by atoms with Gasteiger partial charge in [-0.15, -0.1) is 0 Å². The van der Waals surface area contributed by atoms with Crippen LogP contribution >= 0.6 is 11.8 Å². The minimum Gasteiger partial charge on any atom is -0.465 e. The molecule has 0 radical (unpaired) electrons. The molecule has 0 aromatic heterocycles. The van der Waals surface area contributed by atoms with Crippen LogP contribution < -0.4 is 0 Å². The van der Waals surface area contributed by atoms with Crippen molar-refractivity contribution in [2.45, 2.75) is 46.1 Å². The lowest BCUT2D eigenvalue weighted by Gasteiger charge is -2.28. The number of amides is 1. The summed E-state index contributed by atoms with van der Waals surface area (Å²) in [6.45, 7) is 6.09. The molecular formula is C14H25NO3S. The first kappa shape index (κ1) is 16.3. The fourth-order valence-electron chi connectivity index (χ4n) is 2.22. The van der Waals surface area contributed by atoms with Crippen molar-refractivity contribution in [3.8, 4) is 0 Å². The van der Waals surface area contributed by atoms with E-state index in [4.69, 9.17) is 4.74 Å². The van der Waals surface area contributed by atoms with Crippen molar-refractivity contribution in [2.24, 2.45) is 5.92 Å². The van der Waals surface area contributed by atoms with Crippen LogP contribution in [0.3, 0.4) is 0 Å². The zero-order valence-electron chi connectivity index (χ0n) is 12.2. The maximum atomic E-state index is 12.3. The van der Waals surface area contributed by atoms with Crippen molar-refractivity contribution >= 4 is 23.6 Å². The number of rotatable bonds is 6. The van der Waals surface area contributed by atoms with Gasteiger partial charge in [0.25, 0.3) is 0 Å². The summed E-state index contributed by atoms with van der Waals surface area (Å²) in [5.74, 6) is 2.55. The van der Waals surface area contributed by atoms with Gasteiger partial charge in [-0.3, -0.25) is 9.59 Å². The fraction of sp³-hybridized carbons (Fsp3) is 0.857. The van der Waals surface area contributed by atoms with Crippen LogP contribution in [0.15, 0.2) is 0 Å². The standard InChI is InChI=1S/C14H25NO3S/c1-4-18-14(17)10-15(11(2)3)13(16)9-12-5-7-19-8-6-12/h11-12H,4-10H2,1-3H3. The van der Waals surface area contributed by atoms with Crippen LogP contribution in [0, 0.1) is 5.92 Å². The van der Waals surface area contributed by atoms with Gasteiger partial charge in [0.05, 0.1) is 6.61 Å².